The second-order valence-corrected chi connectivity index (χ2v) is 18.3. The summed E-state index contributed by atoms with van der Waals surface area (Å²) in [5.74, 6) is -1.79. The van der Waals surface area contributed by atoms with Crippen molar-refractivity contribution in [3.05, 3.63) is 33.8 Å². The Morgan fingerprint density at radius 3 is 2.06 bits per heavy atom. The third-order valence-electron chi connectivity index (χ3n) is 6.07. The van der Waals surface area contributed by atoms with Crippen LogP contribution in [0.25, 0.3) is 0 Å². The second-order valence-electron chi connectivity index (χ2n) is 10.7. The number of hydrogen-bond acceptors (Lipinski definition) is 3. The van der Waals surface area contributed by atoms with Crippen LogP contribution in [0.4, 0.5) is 8.78 Å². The van der Waals surface area contributed by atoms with E-state index in [-0.39, 0.29) is 34.2 Å². The van der Waals surface area contributed by atoms with Gasteiger partial charge in [0.25, 0.3) is 0 Å². The summed E-state index contributed by atoms with van der Waals surface area (Å²) in [5.41, 5.74) is -0.934. The molecule has 1 aromatic carbocycles. The molecule has 0 saturated carbocycles. The molecule has 1 unspecified atom stereocenters. The molecule has 4 nitrogen and oxygen atoms in total. The van der Waals surface area contributed by atoms with Crippen molar-refractivity contribution in [3.8, 4) is 0 Å². The average molecular weight is 543 g/mol. The predicted octanol–water partition coefficient (Wildman–Crippen LogP) is 6.28. The highest BCUT2D eigenvalue weighted by molar-refractivity contribution is 9.10. The maximum absolute atomic E-state index is 15.1. The Balaban J connectivity index is 3.54. The lowest BCUT2D eigenvalue weighted by Gasteiger charge is -2.43. The summed E-state index contributed by atoms with van der Waals surface area (Å²) in [6.07, 6.45) is 0. The minimum Gasteiger partial charge on any atom is -0.416 e. The van der Waals surface area contributed by atoms with Crippen molar-refractivity contribution in [1.29, 1.82) is 0 Å². The molecule has 1 aromatic rings. The minimum atomic E-state index is -2.11. The monoisotopic (exact) mass is 541 g/mol. The first-order valence-electron chi connectivity index (χ1n) is 10.3. The van der Waals surface area contributed by atoms with E-state index in [1.807, 2.05) is 20.8 Å². The summed E-state index contributed by atoms with van der Waals surface area (Å²) in [7, 11) is -2.06. The van der Waals surface area contributed by atoms with E-state index in [4.69, 9.17) is 9.16 Å². The summed E-state index contributed by atoms with van der Waals surface area (Å²) in [6, 6.07) is 2.25. The molecule has 0 aliphatic carbocycles. The minimum absolute atomic E-state index is 0.00711. The molecular formula is C22H38BrF2NO3SSi. The van der Waals surface area contributed by atoms with Gasteiger partial charge in [0.15, 0.2) is 8.32 Å². The van der Waals surface area contributed by atoms with Crippen LogP contribution in [-0.2, 0) is 25.7 Å². The van der Waals surface area contributed by atoms with Gasteiger partial charge in [-0.2, -0.15) is 0 Å². The van der Waals surface area contributed by atoms with Crippen LogP contribution in [-0.4, -0.2) is 37.6 Å². The van der Waals surface area contributed by atoms with E-state index in [0.717, 1.165) is 6.07 Å². The zero-order chi connectivity index (χ0) is 24.4. The Morgan fingerprint density at radius 2 is 1.61 bits per heavy atom. The summed E-state index contributed by atoms with van der Waals surface area (Å²) in [6.45, 7) is 18.5. The smallest absolute Gasteiger partial charge is 0.191 e. The lowest BCUT2D eigenvalue weighted by Crippen LogP contribution is -2.54. The van der Waals surface area contributed by atoms with Crippen LogP contribution in [0.2, 0.25) is 18.1 Å². The number of methoxy groups -OCH3 is 1. The van der Waals surface area contributed by atoms with Crippen molar-refractivity contribution < 1.29 is 22.2 Å². The number of rotatable bonds is 9. The first-order valence-corrected chi connectivity index (χ1v) is 15.2. The van der Waals surface area contributed by atoms with Gasteiger partial charge in [-0.25, -0.2) is 17.7 Å². The molecule has 0 aromatic heterocycles. The zero-order valence-corrected chi connectivity index (χ0v) is 23.8. The Morgan fingerprint density at radius 1 is 1.06 bits per heavy atom. The maximum atomic E-state index is 15.1. The van der Waals surface area contributed by atoms with Gasteiger partial charge >= 0.3 is 0 Å². The van der Waals surface area contributed by atoms with Crippen LogP contribution in [0.15, 0.2) is 16.6 Å². The molecule has 1 N–H and O–H groups in total. The summed E-state index contributed by atoms with van der Waals surface area (Å²) < 4.78 is 56.8. The maximum Gasteiger partial charge on any atom is 0.191 e. The van der Waals surface area contributed by atoms with Gasteiger partial charge in [0.1, 0.15) is 11.6 Å². The average Bonchev–Trinajstić information content (AvgIpc) is 2.59. The Kier molecular flexibility index (Phi) is 9.66. The number of halogens is 3. The van der Waals surface area contributed by atoms with Crippen molar-refractivity contribution in [3.63, 3.8) is 0 Å². The second kappa shape index (κ2) is 10.4. The molecule has 31 heavy (non-hydrogen) atoms. The van der Waals surface area contributed by atoms with Gasteiger partial charge in [0, 0.05) is 31.3 Å². The molecule has 0 aliphatic rings. The van der Waals surface area contributed by atoms with Gasteiger partial charge in [0.2, 0.25) is 0 Å². The normalized spacial score (nSPS) is 17.3. The van der Waals surface area contributed by atoms with Crippen LogP contribution in [0.1, 0.15) is 54.0 Å². The SMILES string of the molecule is COCC(CO[Si](C)(C)C(C)(C)C)[C@](C)(N[S@@](=O)C(C)(C)C)c1cc(Br)c(F)cc1F. The summed E-state index contributed by atoms with van der Waals surface area (Å²) in [4.78, 5) is 0. The van der Waals surface area contributed by atoms with E-state index >= 15 is 4.39 Å². The lowest BCUT2D eigenvalue weighted by atomic mass is 9.81. The van der Waals surface area contributed by atoms with Crippen LogP contribution >= 0.6 is 15.9 Å². The van der Waals surface area contributed by atoms with Gasteiger partial charge < -0.3 is 9.16 Å². The summed E-state index contributed by atoms with van der Waals surface area (Å²) >= 11 is 3.16. The topological polar surface area (TPSA) is 47.6 Å². The molecule has 180 valence electrons. The fraction of sp³-hybridized carbons (Fsp3) is 0.727. The largest absolute Gasteiger partial charge is 0.416 e. The van der Waals surface area contributed by atoms with Gasteiger partial charge in [-0.15, -0.1) is 0 Å². The van der Waals surface area contributed by atoms with Crippen LogP contribution in [0.3, 0.4) is 0 Å². The van der Waals surface area contributed by atoms with E-state index in [9.17, 15) is 8.60 Å². The standard InChI is InChI=1S/C22H38BrF2NO3SSi/c1-20(2,3)30(27)26-22(7,16-11-17(23)19(25)12-18(16)24)15(13-28-8)14-29-31(9,10)21(4,5)6/h11-12,15,26H,13-14H2,1-10H3/t15?,22-,30-/m0/s1. The molecular weight excluding hydrogens is 504 g/mol. The van der Waals surface area contributed by atoms with E-state index in [1.165, 1.54) is 6.07 Å². The fourth-order valence-electron chi connectivity index (χ4n) is 2.73. The molecule has 0 saturated heterocycles. The van der Waals surface area contributed by atoms with Crippen molar-refractivity contribution in [2.45, 2.75) is 76.9 Å². The van der Waals surface area contributed by atoms with Gasteiger partial charge in [-0.1, -0.05) is 20.8 Å². The molecule has 9 heteroatoms. The zero-order valence-electron chi connectivity index (χ0n) is 20.4. The first kappa shape index (κ1) is 28.8. The van der Waals surface area contributed by atoms with Gasteiger partial charge in [0.05, 0.1) is 32.4 Å². The number of hydrogen-bond donors (Lipinski definition) is 1. The molecule has 0 radical (unpaired) electrons. The van der Waals surface area contributed by atoms with E-state index in [2.05, 4.69) is 54.5 Å². The number of nitrogens with one attached hydrogen (secondary N) is 1. The Hall–Kier alpha value is -0.193. The van der Waals surface area contributed by atoms with Gasteiger partial charge in [-0.05, 0) is 67.8 Å². The Labute approximate surface area is 198 Å². The highest BCUT2D eigenvalue weighted by Crippen LogP contribution is 2.40. The molecule has 0 heterocycles. The summed E-state index contributed by atoms with van der Waals surface area (Å²) in [5, 5.41) is -0.00711. The number of benzene rings is 1. The fourth-order valence-corrected chi connectivity index (χ4v) is 5.09. The predicted molar refractivity (Wildman–Crippen MR) is 131 cm³/mol. The van der Waals surface area contributed by atoms with E-state index in [0.29, 0.717) is 0 Å². The lowest BCUT2D eigenvalue weighted by molar-refractivity contribution is 0.0627. The Bertz CT molecular complexity index is 796. The van der Waals surface area contributed by atoms with Crippen molar-refractivity contribution in [2.24, 2.45) is 5.92 Å². The van der Waals surface area contributed by atoms with Crippen molar-refractivity contribution in [2.75, 3.05) is 20.3 Å². The van der Waals surface area contributed by atoms with Crippen LogP contribution in [0, 0.1) is 17.6 Å². The van der Waals surface area contributed by atoms with Crippen LogP contribution in [0.5, 0.6) is 0 Å². The first-order chi connectivity index (χ1) is 13.9. The molecule has 0 amide bonds. The van der Waals surface area contributed by atoms with E-state index in [1.54, 1.807) is 14.0 Å². The van der Waals surface area contributed by atoms with Gasteiger partial charge in [-0.3, -0.25) is 0 Å². The third kappa shape index (κ3) is 7.14. The molecule has 3 atom stereocenters. The van der Waals surface area contributed by atoms with E-state index < -0.39 is 41.2 Å². The highest BCUT2D eigenvalue weighted by Gasteiger charge is 2.44. The molecule has 1 rings (SSSR count). The van der Waals surface area contributed by atoms with Crippen LogP contribution < -0.4 is 4.72 Å². The van der Waals surface area contributed by atoms with Crippen molar-refractivity contribution >= 4 is 35.2 Å². The number of ether oxygens (including phenoxy) is 1. The molecule has 0 bridgehead atoms. The van der Waals surface area contributed by atoms with Crippen molar-refractivity contribution in [1.82, 2.24) is 4.72 Å². The molecule has 0 aliphatic heterocycles. The quantitative estimate of drug-likeness (QED) is 0.295. The third-order valence-corrected chi connectivity index (χ3v) is 12.9. The molecule has 0 fully saturated rings. The highest BCUT2D eigenvalue weighted by atomic mass is 79.9. The molecule has 0 spiro atoms.